The molecular weight excluding hydrogens is 258 g/mol. The Hall–Kier alpha value is -1.60. The molecule has 20 heavy (non-hydrogen) atoms. The second-order valence-electron chi connectivity index (χ2n) is 5.39. The Kier molecular flexibility index (Phi) is 5.37. The molecule has 0 spiro atoms. The molecular formula is C13H23N5O2. The standard InChI is InChI=1S/C13H23N5O2/c14-13(20)15-7-11-3-1-5-17(8-11)9-12(19)10-18-6-2-4-16-18/h2,4,6,11-12,19H,1,3,5,7-10H2,(H3,14,15,20)/t11-,12+/m0/s1. The Labute approximate surface area is 118 Å². The number of carbonyl (C=O) groups excluding carboxylic acids is 1. The van der Waals surface area contributed by atoms with E-state index in [2.05, 4.69) is 15.3 Å². The maximum absolute atomic E-state index is 10.7. The lowest BCUT2D eigenvalue weighted by atomic mass is 9.98. The zero-order valence-corrected chi connectivity index (χ0v) is 11.6. The average molecular weight is 281 g/mol. The van der Waals surface area contributed by atoms with Crippen LogP contribution in [-0.4, -0.2) is 58.1 Å². The van der Waals surface area contributed by atoms with Gasteiger partial charge in [-0.15, -0.1) is 0 Å². The summed E-state index contributed by atoms with van der Waals surface area (Å²) < 4.78 is 1.74. The molecule has 0 unspecified atom stereocenters. The number of aliphatic hydroxyl groups is 1. The highest BCUT2D eigenvalue weighted by molar-refractivity contribution is 5.71. The first-order valence-corrected chi connectivity index (χ1v) is 7.04. The van der Waals surface area contributed by atoms with E-state index in [0.29, 0.717) is 25.6 Å². The van der Waals surface area contributed by atoms with Gasteiger partial charge in [-0.3, -0.25) is 4.68 Å². The van der Waals surface area contributed by atoms with Gasteiger partial charge < -0.3 is 21.1 Å². The number of amides is 2. The van der Waals surface area contributed by atoms with Gasteiger partial charge >= 0.3 is 6.03 Å². The molecule has 0 aliphatic carbocycles. The lowest BCUT2D eigenvalue weighted by molar-refractivity contribution is 0.0719. The maximum atomic E-state index is 10.7. The van der Waals surface area contributed by atoms with E-state index in [-0.39, 0.29) is 0 Å². The highest BCUT2D eigenvalue weighted by atomic mass is 16.3. The molecule has 1 aliphatic heterocycles. The van der Waals surface area contributed by atoms with E-state index in [9.17, 15) is 9.90 Å². The van der Waals surface area contributed by atoms with Crippen molar-refractivity contribution >= 4 is 6.03 Å². The summed E-state index contributed by atoms with van der Waals surface area (Å²) in [6.07, 6.45) is 5.29. The normalized spacial score (nSPS) is 21.6. The summed E-state index contributed by atoms with van der Waals surface area (Å²) in [5, 5.41) is 16.8. The molecule has 112 valence electrons. The van der Waals surface area contributed by atoms with Crippen molar-refractivity contribution in [1.82, 2.24) is 20.0 Å². The molecule has 0 radical (unpaired) electrons. The smallest absolute Gasteiger partial charge is 0.312 e. The summed E-state index contributed by atoms with van der Waals surface area (Å²) in [7, 11) is 0. The number of urea groups is 1. The van der Waals surface area contributed by atoms with Crippen LogP contribution >= 0.6 is 0 Å². The van der Waals surface area contributed by atoms with Crippen molar-refractivity contribution in [2.75, 3.05) is 26.2 Å². The van der Waals surface area contributed by atoms with Gasteiger partial charge in [-0.2, -0.15) is 5.10 Å². The van der Waals surface area contributed by atoms with Gasteiger partial charge in [-0.25, -0.2) is 4.79 Å². The van der Waals surface area contributed by atoms with E-state index in [1.807, 2.05) is 12.3 Å². The van der Waals surface area contributed by atoms with Crippen LogP contribution in [0.25, 0.3) is 0 Å². The number of aromatic nitrogens is 2. The molecule has 2 heterocycles. The highest BCUT2D eigenvalue weighted by Crippen LogP contribution is 2.16. The second kappa shape index (κ2) is 7.25. The number of nitrogens with one attached hydrogen (secondary N) is 1. The molecule has 7 nitrogen and oxygen atoms in total. The number of hydrogen-bond acceptors (Lipinski definition) is 4. The third-order valence-electron chi connectivity index (χ3n) is 3.59. The van der Waals surface area contributed by atoms with Gasteiger partial charge in [0.25, 0.3) is 0 Å². The Morgan fingerprint density at radius 3 is 3.10 bits per heavy atom. The average Bonchev–Trinajstić information content (AvgIpc) is 2.89. The predicted molar refractivity (Wildman–Crippen MR) is 75.0 cm³/mol. The number of hydrogen-bond donors (Lipinski definition) is 3. The molecule has 1 aliphatic rings. The first kappa shape index (κ1) is 14.8. The maximum Gasteiger partial charge on any atom is 0.312 e. The summed E-state index contributed by atoms with van der Waals surface area (Å²) in [6, 6.07) is 1.37. The van der Waals surface area contributed by atoms with Gasteiger partial charge in [-0.05, 0) is 31.4 Å². The number of β-amino-alcohol motifs (C(OH)–C–C–N with tert-alkyl or cyclic N) is 1. The number of rotatable bonds is 6. The largest absolute Gasteiger partial charge is 0.390 e. The van der Waals surface area contributed by atoms with Crippen molar-refractivity contribution < 1.29 is 9.90 Å². The van der Waals surface area contributed by atoms with Gasteiger partial charge in [0.05, 0.1) is 12.6 Å². The van der Waals surface area contributed by atoms with Crippen LogP contribution in [0.3, 0.4) is 0 Å². The van der Waals surface area contributed by atoms with Crippen LogP contribution in [-0.2, 0) is 6.54 Å². The van der Waals surface area contributed by atoms with Crippen molar-refractivity contribution in [3.8, 4) is 0 Å². The lowest BCUT2D eigenvalue weighted by Gasteiger charge is -2.33. The minimum absolute atomic E-state index is 0.410. The van der Waals surface area contributed by atoms with Crippen LogP contribution in [0.15, 0.2) is 18.5 Å². The fourth-order valence-electron chi connectivity index (χ4n) is 2.71. The summed E-state index contributed by atoms with van der Waals surface area (Å²) in [4.78, 5) is 13.0. The molecule has 2 atom stereocenters. The molecule has 2 rings (SSSR count). The van der Waals surface area contributed by atoms with Crippen molar-refractivity contribution in [3.63, 3.8) is 0 Å². The molecule has 0 aromatic carbocycles. The Bertz CT molecular complexity index is 409. The molecule has 1 aromatic heterocycles. The van der Waals surface area contributed by atoms with Crippen molar-refractivity contribution in [3.05, 3.63) is 18.5 Å². The number of nitrogens with zero attached hydrogens (tertiary/aromatic N) is 3. The van der Waals surface area contributed by atoms with Gasteiger partial charge in [0.1, 0.15) is 0 Å². The molecule has 2 amide bonds. The van der Waals surface area contributed by atoms with Crippen LogP contribution in [0.1, 0.15) is 12.8 Å². The van der Waals surface area contributed by atoms with E-state index >= 15 is 0 Å². The van der Waals surface area contributed by atoms with E-state index in [4.69, 9.17) is 5.73 Å². The van der Waals surface area contributed by atoms with Crippen LogP contribution in [0, 0.1) is 5.92 Å². The zero-order chi connectivity index (χ0) is 14.4. The zero-order valence-electron chi connectivity index (χ0n) is 11.6. The number of piperidine rings is 1. The minimum atomic E-state index is -0.471. The Balaban J connectivity index is 1.73. The lowest BCUT2D eigenvalue weighted by Crippen LogP contribution is -2.45. The van der Waals surface area contributed by atoms with Crippen LogP contribution < -0.4 is 11.1 Å². The number of aliphatic hydroxyl groups excluding tert-OH is 1. The Morgan fingerprint density at radius 1 is 1.55 bits per heavy atom. The fourth-order valence-corrected chi connectivity index (χ4v) is 2.71. The van der Waals surface area contributed by atoms with Gasteiger partial charge in [0, 0.05) is 32.0 Å². The third kappa shape index (κ3) is 4.82. The molecule has 1 saturated heterocycles. The summed E-state index contributed by atoms with van der Waals surface area (Å²) >= 11 is 0. The van der Waals surface area contributed by atoms with Crippen molar-refractivity contribution in [1.29, 1.82) is 0 Å². The number of likely N-dealkylation sites (tertiary alicyclic amines) is 1. The first-order valence-electron chi connectivity index (χ1n) is 7.04. The van der Waals surface area contributed by atoms with E-state index in [0.717, 1.165) is 25.9 Å². The monoisotopic (exact) mass is 281 g/mol. The topological polar surface area (TPSA) is 96.4 Å². The first-order chi connectivity index (χ1) is 9.63. The number of primary amides is 1. The van der Waals surface area contributed by atoms with Crippen LogP contribution in [0.5, 0.6) is 0 Å². The molecule has 0 bridgehead atoms. The van der Waals surface area contributed by atoms with E-state index < -0.39 is 12.1 Å². The SMILES string of the molecule is NC(=O)NC[C@@H]1CCCN(C[C@@H](O)Cn2cccn2)C1. The van der Waals surface area contributed by atoms with E-state index in [1.54, 1.807) is 10.9 Å². The summed E-state index contributed by atoms with van der Waals surface area (Å²) in [6.45, 7) is 3.63. The molecule has 1 aromatic rings. The third-order valence-corrected chi connectivity index (χ3v) is 3.59. The van der Waals surface area contributed by atoms with E-state index in [1.165, 1.54) is 0 Å². The fraction of sp³-hybridized carbons (Fsp3) is 0.692. The quantitative estimate of drug-likeness (QED) is 0.662. The summed E-state index contributed by atoms with van der Waals surface area (Å²) in [5.41, 5.74) is 5.09. The molecule has 7 heteroatoms. The molecule has 0 saturated carbocycles. The van der Waals surface area contributed by atoms with Gasteiger partial charge in [0.15, 0.2) is 0 Å². The highest BCUT2D eigenvalue weighted by Gasteiger charge is 2.22. The molecule has 4 N–H and O–H groups in total. The van der Waals surface area contributed by atoms with Crippen LogP contribution in [0.2, 0.25) is 0 Å². The van der Waals surface area contributed by atoms with Gasteiger partial charge in [0.2, 0.25) is 0 Å². The predicted octanol–water partition coefficient (Wildman–Crippen LogP) is -0.376. The second-order valence-corrected chi connectivity index (χ2v) is 5.39. The number of nitrogens with two attached hydrogens (primary N) is 1. The van der Waals surface area contributed by atoms with Gasteiger partial charge in [-0.1, -0.05) is 0 Å². The van der Waals surface area contributed by atoms with Crippen LogP contribution in [0.4, 0.5) is 4.79 Å². The Morgan fingerprint density at radius 2 is 2.40 bits per heavy atom. The summed E-state index contributed by atoms with van der Waals surface area (Å²) in [5.74, 6) is 0.410. The number of carbonyl (C=O) groups is 1. The van der Waals surface area contributed by atoms with Crippen molar-refractivity contribution in [2.24, 2.45) is 11.7 Å². The van der Waals surface area contributed by atoms with Crippen molar-refractivity contribution in [2.45, 2.75) is 25.5 Å². The molecule has 1 fully saturated rings. The minimum Gasteiger partial charge on any atom is -0.390 e.